The van der Waals surface area contributed by atoms with Crippen molar-refractivity contribution >= 4 is 28.1 Å². The van der Waals surface area contributed by atoms with Gasteiger partial charge in [-0.1, -0.05) is 13.3 Å². The lowest BCUT2D eigenvalue weighted by molar-refractivity contribution is -0.388. The number of Topliss-reactive ketones (excluding diaryl/α,β-unsaturated/α-hetero) is 1. The lowest BCUT2D eigenvalue weighted by Gasteiger charge is -2.15. The van der Waals surface area contributed by atoms with Crippen LogP contribution in [0.1, 0.15) is 36.2 Å². The molecule has 0 unspecified atom stereocenters. The molecule has 13 nitrogen and oxygen atoms in total. The third-order valence-electron chi connectivity index (χ3n) is 5.01. The number of ketones is 1. The van der Waals surface area contributed by atoms with Crippen LogP contribution in [0.5, 0.6) is 23.0 Å². The van der Waals surface area contributed by atoms with Gasteiger partial charge in [-0.2, -0.15) is 0 Å². The van der Waals surface area contributed by atoms with Crippen molar-refractivity contribution in [3.63, 3.8) is 0 Å². The minimum absolute atomic E-state index is 0.0687. The Kier molecular flexibility index (Phi) is 7.18. The summed E-state index contributed by atoms with van der Waals surface area (Å²) in [7, 11) is 0. The van der Waals surface area contributed by atoms with Gasteiger partial charge in [0.15, 0.2) is 5.78 Å². The molecule has 13 heteroatoms. The number of carbonyl (C=O) groups excluding carboxylic acids is 1. The van der Waals surface area contributed by atoms with Crippen molar-refractivity contribution in [1.29, 1.82) is 0 Å². The first-order chi connectivity index (χ1) is 16.6. The highest BCUT2D eigenvalue weighted by Gasteiger charge is 2.27. The summed E-state index contributed by atoms with van der Waals surface area (Å²) >= 11 is 0. The Hall–Kier alpha value is -4.68. The Morgan fingerprint density at radius 3 is 2.34 bits per heavy atom. The zero-order chi connectivity index (χ0) is 25.9. The molecule has 0 amide bonds. The van der Waals surface area contributed by atoms with Crippen molar-refractivity contribution in [1.82, 2.24) is 0 Å². The van der Waals surface area contributed by atoms with Crippen LogP contribution in [0.3, 0.4) is 0 Å². The summed E-state index contributed by atoms with van der Waals surface area (Å²) in [6.07, 6.45) is 0.746. The van der Waals surface area contributed by atoms with E-state index in [0.29, 0.717) is 6.42 Å². The van der Waals surface area contributed by atoms with Crippen LogP contribution in [0.4, 0.5) is 11.4 Å². The molecule has 0 aliphatic rings. The number of benzene rings is 2. The van der Waals surface area contributed by atoms with Gasteiger partial charge in [0.1, 0.15) is 30.3 Å². The van der Waals surface area contributed by atoms with Gasteiger partial charge in [0.05, 0.1) is 20.8 Å². The van der Waals surface area contributed by atoms with Gasteiger partial charge in [0, 0.05) is 17.7 Å². The number of hydrogen-bond donors (Lipinski definition) is 2. The lowest BCUT2D eigenvalue weighted by atomic mass is 10.00. The molecule has 0 bridgehead atoms. The van der Waals surface area contributed by atoms with E-state index in [1.807, 2.05) is 0 Å². The van der Waals surface area contributed by atoms with Crippen LogP contribution in [-0.2, 0) is 6.42 Å². The summed E-state index contributed by atoms with van der Waals surface area (Å²) in [6, 6.07) is 4.83. The standard InChI is InChI=1S/C22H20N2O11/c1-3-4-14-19(26)15(11(2)25)10-16(23(29)30)21(14)34-8-7-33-12-5-6-13-17(9-12)35-22(28)18(20(13)27)24(31)32/h5-6,9-10,26-27H,3-4,7-8H2,1-2H3. The molecule has 2 aromatic carbocycles. The minimum atomic E-state index is -1.33. The fraction of sp³-hybridized carbons (Fsp3) is 0.273. The molecule has 0 aliphatic heterocycles. The van der Waals surface area contributed by atoms with Gasteiger partial charge in [-0.05, 0) is 25.5 Å². The van der Waals surface area contributed by atoms with E-state index >= 15 is 0 Å². The Bertz CT molecular complexity index is 1390. The van der Waals surface area contributed by atoms with Crippen molar-refractivity contribution in [2.24, 2.45) is 0 Å². The number of nitro benzene ring substituents is 1. The number of rotatable bonds is 10. The average molecular weight is 488 g/mol. The highest BCUT2D eigenvalue weighted by atomic mass is 16.6. The molecule has 0 aliphatic carbocycles. The van der Waals surface area contributed by atoms with Gasteiger partial charge in [-0.25, -0.2) is 4.79 Å². The highest BCUT2D eigenvalue weighted by Crippen LogP contribution is 2.41. The molecular weight excluding hydrogens is 468 g/mol. The first-order valence-electron chi connectivity index (χ1n) is 10.3. The summed E-state index contributed by atoms with van der Waals surface area (Å²) in [6.45, 7) is 2.66. The van der Waals surface area contributed by atoms with E-state index in [0.717, 1.165) is 6.07 Å². The minimum Gasteiger partial charge on any atom is -0.507 e. The number of fused-ring (bicyclic) bond motifs is 1. The summed E-state index contributed by atoms with van der Waals surface area (Å²) in [5, 5.41) is 42.9. The fourth-order valence-corrected chi connectivity index (χ4v) is 3.45. The number of phenols is 1. The van der Waals surface area contributed by atoms with Gasteiger partial charge >= 0.3 is 17.0 Å². The average Bonchev–Trinajstić information content (AvgIpc) is 2.77. The molecule has 0 radical (unpaired) electrons. The van der Waals surface area contributed by atoms with Gasteiger partial charge in [-0.3, -0.25) is 25.0 Å². The van der Waals surface area contributed by atoms with Crippen molar-refractivity contribution in [2.45, 2.75) is 26.7 Å². The summed E-state index contributed by atoms with van der Waals surface area (Å²) in [5.74, 6) is -1.75. The molecule has 2 N–H and O–H groups in total. The number of phenolic OH excluding ortho intramolecular Hbond substituents is 1. The van der Waals surface area contributed by atoms with Crippen LogP contribution < -0.4 is 15.1 Å². The van der Waals surface area contributed by atoms with Crippen molar-refractivity contribution in [3.8, 4) is 23.0 Å². The summed E-state index contributed by atoms with van der Waals surface area (Å²) < 4.78 is 15.9. The number of aromatic hydroxyl groups is 2. The maximum Gasteiger partial charge on any atom is 0.419 e. The molecule has 3 aromatic rings. The number of carbonyl (C=O) groups is 1. The quantitative estimate of drug-likeness (QED) is 0.139. The second kappa shape index (κ2) is 10.1. The third kappa shape index (κ3) is 4.98. The highest BCUT2D eigenvalue weighted by molar-refractivity contribution is 5.98. The van der Waals surface area contributed by atoms with Crippen LogP contribution >= 0.6 is 0 Å². The van der Waals surface area contributed by atoms with E-state index in [2.05, 4.69) is 0 Å². The third-order valence-corrected chi connectivity index (χ3v) is 5.01. The molecule has 3 rings (SSSR count). The number of nitrogens with zero attached hydrogens (tertiary/aromatic N) is 2. The van der Waals surface area contributed by atoms with Crippen LogP contribution in [0.25, 0.3) is 11.0 Å². The molecule has 0 saturated carbocycles. The van der Waals surface area contributed by atoms with E-state index in [9.17, 15) is 40.0 Å². The molecule has 35 heavy (non-hydrogen) atoms. The van der Waals surface area contributed by atoms with Gasteiger partial charge < -0.3 is 24.1 Å². The van der Waals surface area contributed by atoms with Crippen LogP contribution in [0.2, 0.25) is 0 Å². The number of hydrogen-bond acceptors (Lipinski definition) is 11. The number of nitro groups is 2. The van der Waals surface area contributed by atoms with Gasteiger partial charge in [0.2, 0.25) is 11.5 Å². The Morgan fingerprint density at radius 1 is 1.06 bits per heavy atom. The van der Waals surface area contributed by atoms with Gasteiger partial charge in [-0.15, -0.1) is 0 Å². The van der Waals surface area contributed by atoms with Crippen LogP contribution in [0, 0.1) is 20.2 Å². The Labute approximate surface area is 196 Å². The van der Waals surface area contributed by atoms with Crippen molar-refractivity contribution < 1.29 is 38.7 Å². The van der Waals surface area contributed by atoms with E-state index in [4.69, 9.17) is 13.9 Å². The summed E-state index contributed by atoms with van der Waals surface area (Å²) in [4.78, 5) is 44.3. The molecule has 0 fully saturated rings. The van der Waals surface area contributed by atoms with E-state index in [-0.39, 0.29) is 59.0 Å². The maximum atomic E-state index is 11.8. The first-order valence-corrected chi connectivity index (χ1v) is 10.3. The van der Waals surface area contributed by atoms with Crippen molar-refractivity contribution in [3.05, 3.63) is 66.0 Å². The second-order valence-corrected chi connectivity index (χ2v) is 7.36. The fourth-order valence-electron chi connectivity index (χ4n) is 3.45. The smallest absolute Gasteiger partial charge is 0.419 e. The van der Waals surface area contributed by atoms with Gasteiger partial charge in [0.25, 0.3) is 0 Å². The van der Waals surface area contributed by atoms with Crippen LogP contribution in [-0.4, -0.2) is 39.1 Å². The normalized spacial score (nSPS) is 10.8. The monoisotopic (exact) mass is 488 g/mol. The van der Waals surface area contributed by atoms with Crippen LogP contribution in [0.15, 0.2) is 33.5 Å². The molecule has 184 valence electrons. The second-order valence-electron chi connectivity index (χ2n) is 7.36. The zero-order valence-corrected chi connectivity index (χ0v) is 18.6. The predicted molar refractivity (Wildman–Crippen MR) is 121 cm³/mol. The largest absolute Gasteiger partial charge is 0.507 e. The lowest BCUT2D eigenvalue weighted by Crippen LogP contribution is -2.12. The zero-order valence-electron chi connectivity index (χ0n) is 18.6. The first kappa shape index (κ1) is 25.0. The van der Waals surface area contributed by atoms with E-state index in [1.165, 1.54) is 25.1 Å². The SMILES string of the molecule is CCCc1c(O)c(C(C)=O)cc([N+](=O)[O-])c1OCCOc1ccc2c(O)c([N+](=O)[O-])c(=O)oc2c1. The molecule has 1 heterocycles. The van der Waals surface area contributed by atoms with Crippen molar-refractivity contribution in [2.75, 3.05) is 13.2 Å². The Morgan fingerprint density at radius 2 is 1.74 bits per heavy atom. The molecular formula is C22H20N2O11. The predicted octanol–water partition coefficient (Wildman–Crippen LogP) is 3.63. The maximum absolute atomic E-state index is 11.8. The molecule has 0 saturated heterocycles. The van der Waals surface area contributed by atoms with E-state index in [1.54, 1.807) is 6.92 Å². The Balaban J connectivity index is 1.82. The molecule has 1 aromatic heterocycles. The van der Waals surface area contributed by atoms with E-state index < -0.39 is 38.4 Å². The molecule has 0 spiro atoms. The number of ether oxygens (including phenoxy) is 2. The summed E-state index contributed by atoms with van der Waals surface area (Å²) in [5.41, 5.74) is -3.07. The molecule has 0 atom stereocenters. The topological polar surface area (TPSA) is 192 Å².